The molecule has 0 aliphatic carbocycles. The van der Waals surface area contributed by atoms with Crippen molar-refractivity contribution < 1.29 is 9.90 Å². The van der Waals surface area contributed by atoms with Crippen molar-refractivity contribution >= 4 is 17.7 Å². The van der Waals surface area contributed by atoms with Crippen LogP contribution in [0.1, 0.15) is 12.8 Å². The SMILES string of the molecule is NC1CCCSC1C(=O)O. The Morgan fingerprint density at radius 3 is 2.80 bits per heavy atom. The Bertz CT molecular complexity index is 140. The Hall–Kier alpha value is -0.220. The second-order valence-corrected chi connectivity index (χ2v) is 3.69. The van der Waals surface area contributed by atoms with Crippen molar-refractivity contribution in [2.75, 3.05) is 5.75 Å². The number of hydrogen-bond acceptors (Lipinski definition) is 3. The van der Waals surface area contributed by atoms with Crippen molar-refractivity contribution in [1.82, 2.24) is 0 Å². The second kappa shape index (κ2) is 3.25. The molecule has 2 atom stereocenters. The Kier molecular flexibility index (Phi) is 2.56. The lowest BCUT2D eigenvalue weighted by atomic mass is 10.1. The molecule has 1 aliphatic rings. The third kappa shape index (κ3) is 1.64. The third-order valence-corrected chi connectivity index (χ3v) is 3.05. The van der Waals surface area contributed by atoms with Gasteiger partial charge in [-0.1, -0.05) is 0 Å². The molecule has 0 radical (unpaired) electrons. The maximum absolute atomic E-state index is 10.5. The smallest absolute Gasteiger partial charge is 0.318 e. The Balaban J connectivity index is 2.47. The molecule has 1 aliphatic heterocycles. The standard InChI is InChI=1S/C6H11NO2S/c7-4-2-1-3-10-5(4)6(8)9/h4-5H,1-3,7H2,(H,8,9). The number of carboxylic acid groups (broad SMARTS) is 1. The quantitative estimate of drug-likeness (QED) is 0.580. The molecule has 1 rings (SSSR count). The van der Waals surface area contributed by atoms with E-state index in [0.717, 1.165) is 18.6 Å². The highest BCUT2D eigenvalue weighted by Gasteiger charge is 2.28. The van der Waals surface area contributed by atoms with Crippen LogP contribution in [0.5, 0.6) is 0 Å². The summed E-state index contributed by atoms with van der Waals surface area (Å²) in [6.07, 6.45) is 1.90. The lowest BCUT2D eigenvalue weighted by Crippen LogP contribution is -2.40. The summed E-state index contributed by atoms with van der Waals surface area (Å²) in [5, 5.41) is 8.24. The molecule has 0 aromatic carbocycles. The molecule has 1 heterocycles. The number of thioether (sulfide) groups is 1. The maximum atomic E-state index is 10.5. The molecule has 0 aromatic rings. The molecule has 1 fully saturated rings. The fourth-order valence-electron chi connectivity index (χ4n) is 1.06. The summed E-state index contributed by atoms with van der Waals surface area (Å²) in [4.78, 5) is 10.5. The normalized spacial score (nSPS) is 33.7. The maximum Gasteiger partial charge on any atom is 0.318 e. The number of carboxylic acids is 1. The molecule has 0 aromatic heterocycles. The average Bonchev–Trinajstić information content (AvgIpc) is 1.88. The van der Waals surface area contributed by atoms with Gasteiger partial charge in [-0.05, 0) is 18.6 Å². The zero-order valence-corrected chi connectivity index (χ0v) is 6.43. The van der Waals surface area contributed by atoms with Crippen molar-refractivity contribution in [3.05, 3.63) is 0 Å². The van der Waals surface area contributed by atoms with Crippen LogP contribution in [0.15, 0.2) is 0 Å². The minimum Gasteiger partial charge on any atom is -0.480 e. The van der Waals surface area contributed by atoms with Crippen molar-refractivity contribution in [3.63, 3.8) is 0 Å². The lowest BCUT2D eigenvalue weighted by Gasteiger charge is -2.23. The molecule has 1 saturated heterocycles. The van der Waals surface area contributed by atoms with Gasteiger partial charge < -0.3 is 10.8 Å². The summed E-state index contributed by atoms with van der Waals surface area (Å²) < 4.78 is 0. The number of carbonyl (C=O) groups is 1. The van der Waals surface area contributed by atoms with Crippen molar-refractivity contribution in [2.24, 2.45) is 5.73 Å². The Labute approximate surface area is 64.0 Å². The molecule has 0 saturated carbocycles. The first kappa shape index (κ1) is 7.88. The first-order valence-electron chi connectivity index (χ1n) is 3.32. The van der Waals surface area contributed by atoms with Crippen molar-refractivity contribution in [1.29, 1.82) is 0 Å². The summed E-state index contributed by atoms with van der Waals surface area (Å²) in [5.41, 5.74) is 5.58. The van der Waals surface area contributed by atoms with E-state index in [0.29, 0.717) is 0 Å². The monoisotopic (exact) mass is 161 g/mol. The van der Waals surface area contributed by atoms with E-state index in [1.165, 1.54) is 11.8 Å². The summed E-state index contributed by atoms with van der Waals surface area (Å²) in [6, 6.07) is -0.142. The van der Waals surface area contributed by atoms with Gasteiger partial charge in [0.1, 0.15) is 5.25 Å². The molecular formula is C6H11NO2S. The summed E-state index contributed by atoms with van der Waals surface area (Å²) >= 11 is 1.45. The number of hydrogen-bond donors (Lipinski definition) is 2. The minimum atomic E-state index is -0.766. The van der Waals surface area contributed by atoms with Gasteiger partial charge in [0, 0.05) is 6.04 Å². The van der Waals surface area contributed by atoms with E-state index >= 15 is 0 Å². The molecule has 3 nitrogen and oxygen atoms in total. The van der Waals surface area contributed by atoms with Crippen LogP contribution in [0.4, 0.5) is 0 Å². The van der Waals surface area contributed by atoms with Gasteiger partial charge in [0.2, 0.25) is 0 Å². The molecule has 0 amide bonds. The van der Waals surface area contributed by atoms with Gasteiger partial charge in [-0.2, -0.15) is 0 Å². The molecule has 0 spiro atoms. The predicted octanol–water partition coefficient (Wildman–Crippen LogP) is 0.294. The van der Waals surface area contributed by atoms with Crippen LogP contribution < -0.4 is 5.73 Å². The molecule has 10 heavy (non-hydrogen) atoms. The van der Waals surface area contributed by atoms with E-state index in [2.05, 4.69) is 0 Å². The number of rotatable bonds is 1. The average molecular weight is 161 g/mol. The number of aliphatic carboxylic acids is 1. The highest BCUT2D eigenvalue weighted by atomic mass is 32.2. The summed E-state index contributed by atoms with van der Waals surface area (Å²) in [7, 11) is 0. The lowest BCUT2D eigenvalue weighted by molar-refractivity contribution is -0.136. The highest BCUT2D eigenvalue weighted by Crippen LogP contribution is 2.24. The van der Waals surface area contributed by atoms with Gasteiger partial charge in [0.25, 0.3) is 0 Å². The molecule has 3 N–H and O–H groups in total. The van der Waals surface area contributed by atoms with Crippen LogP contribution in [0, 0.1) is 0 Å². The van der Waals surface area contributed by atoms with Gasteiger partial charge in [-0.15, -0.1) is 11.8 Å². The zero-order valence-electron chi connectivity index (χ0n) is 5.62. The van der Waals surface area contributed by atoms with Crippen LogP contribution in [-0.2, 0) is 4.79 Å². The van der Waals surface area contributed by atoms with E-state index in [1.54, 1.807) is 0 Å². The fraction of sp³-hybridized carbons (Fsp3) is 0.833. The van der Waals surface area contributed by atoms with Gasteiger partial charge in [0.15, 0.2) is 0 Å². The summed E-state index contributed by atoms with van der Waals surface area (Å²) in [5.74, 6) is 0.169. The van der Waals surface area contributed by atoms with E-state index in [4.69, 9.17) is 10.8 Å². The van der Waals surface area contributed by atoms with E-state index in [9.17, 15) is 4.79 Å². The topological polar surface area (TPSA) is 63.3 Å². The second-order valence-electron chi connectivity index (χ2n) is 2.44. The first-order valence-corrected chi connectivity index (χ1v) is 4.36. The van der Waals surface area contributed by atoms with Gasteiger partial charge in [0.05, 0.1) is 0 Å². The van der Waals surface area contributed by atoms with Crippen LogP contribution in [0.3, 0.4) is 0 Å². The van der Waals surface area contributed by atoms with E-state index < -0.39 is 5.97 Å². The molecular weight excluding hydrogens is 150 g/mol. The predicted molar refractivity (Wildman–Crippen MR) is 41.1 cm³/mol. The van der Waals surface area contributed by atoms with E-state index in [-0.39, 0.29) is 11.3 Å². The highest BCUT2D eigenvalue weighted by molar-refractivity contribution is 8.00. The number of nitrogens with two attached hydrogens (primary N) is 1. The first-order chi connectivity index (χ1) is 4.72. The summed E-state index contributed by atoms with van der Waals surface area (Å²) in [6.45, 7) is 0. The van der Waals surface area contributed by atoms with Crippen LogP contribution >= 0.6 is 11.8 Å². The molecule has 2 unspecified atom stereocenters. The largest absolute Gasteiger partial charge is 0.480 e. The van der Waals surface area contributed by atoms with Crippen LogP contribution in [-0.4, -0.2) is 28.1 Å². The fourth-order valence-corrected chi connectivity index (χ4v) is 2.17. The molecule has 4 heteroatoms. The zero-order chi connectivity index (χ0) is 7.56. The van der Waals surface area contributed by atoms with Crippen molar-refractivity contribution in [3.8, 4) is 0 Å². The van der Waals surface area contributed by atoms with Crippen LogP contribution in [0.25, 0.3) is 0 Å². The van der Waals surface area contributed by atoms with Gasteiger partial charge in [-0.3, -0.25) is 4.79 Å². The Morgan fingerprint density at radius 1 is 1.70 bits per heavy atom. The van der Waals surface area contributed by atoms with Crippen LogP contribution in [0.2, 0.25) is 0 Å². The molecule has 0 bridgehead atoms. The van der Waals surface area contributed by atoms with Gasteiger partial charge >= 0.3 is 5.97 Å². The molecule has 58 valence electrons. The van der Waals surface area contributed by atoms with Crippen molar-refractivity contribution in [2.45, 2.75) is 24.1 Å². The Morgan fingerprint density at radius 2 is 2.40 bits per heavy atom. The third-order valence-electron chi connectivity index (χ3n) is 1.61. The minimum absolute atomic E-state index is 0.142. The van der Waals surface area contributed by atoms with E-state index in [1.807, 2.05) is 0 Å². The van der Waals surface area contributed by atoms with Gasteiger partial charge in [-0.25, -0.2) is 0 Å².